The zero-order chi connectivity index (χ0) is 25.8. The molecule has 3 N–H and O–H groups in total. The van der Waals surface area contributed by atoms with Crippen LogP contribution in [0.25, 0.3) is 17.0 Å². The molecule has 0 amide bonds. The summed E-state index contributed by atoms with van der Waals surface area (Å²) < 4.78 is 6.13. The zero-order valence-electron chi connectivity index (χ0n) is 20.8. The van der Waals surface area contributed by atoms with E-state index in [1.165, 1.54) is 0 Å². The summed E-state index contributed by atoms with van der Waals surface area (Å²) in [7, 11) is 0. The number of rotatable bonds is 8. The van der Waals surface area contributed by atoms with Crippen LogP contribution in [-0.4, -0.2) is 62.8 Å². The van der Waals surface area contributed by atoms with Gasteiger partial charge in [-0.2, -0.15) is 20.3 Å². The summed E-state index contributed by atoms with van der Waals surface area (Å²) in [6.07, 6.45) is 4.41. The van der Waals surface area contributed by atoms with E-state index in [1.54, 1.807) is 0 Å². The van der Waals surface area contributed by atoms with Crippen molar-refractivity contribution in [2.45, 2.75) is 20.3 Å². The van der Waals surface area contributed by atoms with Crippen LogP contribution >= 0.6 is 11.6 Å². The maximum atomic E-state index is 8.89. The fourth-order valence-electron chi connectivity index (χ4n) is 4.36. The molecular weight excluding hydrogens is 490 g/mol. The van der Waals surface area contributed by atoms with Gasteiger partial charge in [-0.15, -0.1) is 0 Å². The number of halogens is 1. The highest BCUT2D eigenvalue weighted by Gasteiger charge is 2.20. The van der Waals surface area contributed by atoms with E-state index >= 15 is 0 Å². The number of nitrogens with zero attached hydrogens (tertiary/aromatic N) is 6. The number of fused-ring (bicyclic) bond motifs is 1. The quantitative estimate of drug-likeness (QED) is 0.290. The molecule has 1 aliphatic rings. The van der Waals surface area contributed by atoms with Gasteiger partial charge in [0.05, 0.1) is 16.8 Å². The molecule has 1 aliphatic heterocycles. The first-order valence-corrected chi connectivity index (χ1v) is 12.5. The second-order valence-electron chi connectivity index (χ2n) is 8.86. The Balaban J connectivity index is 1.43. The van der Waals surface area contributed by atoms with Gasteiger partial charge in [-0.3, -0.25) is 10.00 Å². The van der Waals surface area contributed by atoms with Crippen molar-refractivity contribution < 1.29 is 4.74 Å². The molecule has 0 atom stereocenters. The van der Waals surface area contributed by atoms with Gasteiger partial charge in [-0.25, -0.2) is 0 Å². The molecule has 0 unspecified atom stereocenters. The largest absolute Gasteiger partial charge is 0.423 e. The first-order valence-electron chi connectivity index (χ1n) is 12.2. The van der Waals surface area contributed by atoms with Crippen LogP contribution < -0.4 is 15.0 Å². The minimum atomic E-state index is 0.185. The highest BCUT2D eigenvalue weighted by Crippen LogP contribution is 2.36. The maximum absolute atomic E-state index is 8.89. The van der Waals surface area contributed by atoms with E-state index in [0.29, 0.717) is 28.8 Å². The molecule has 4 heterocycles. The third-order valence-corrected chi connectivity index (χ3v) is 6.56. The number of aryl methyl sites for hydroxylation is 1. The summed E-state index contributed by atoms with van der Waals surface area (Å²) in [6.45, 7) is 7.99. The van der Waals surface area contributed by atoms with Crippen LogP contribution in [0.15, 0.2) is 36.4 Å². The van der Waals surface area contributed by atoms with E-state index in [-0.39, 0.29) is 6.01 Å². The van der Waals surface area contributed by atoms with Gasteiger partial charge in [0, 0.05) is 67.9 Å². The Morgan fingerprint density at radius 2 is 2.00 bits per heavy atom. The molecule has 3 aromatic heterocycles. The van der Waals surface area contributed by atoms with Gasteiger partial charge >= 0.3 is 6.01 Å². The number of benzene rings is 1. The number of aromatic nitrogens is 5. The number of anilines is 3. The number of allylic oxidation sites excluding steroid dienone is 1. The molecule has 5 rings (SSSR count). The van der Waals surface area contributed by atoms with Gasteiger partial charge in [0.2, 0.25) is 0 Å². The topological polar surface area (TPSA) is 122 Å². The lowest BCUT2D eigenvalue weighted by Crippen LogP contribution is -2.46. The zero-order valence-corrected chi connectivity index (χ0v) is 21.5. The number of hydrogen-bond donors (Lipinski definition) is 3. The lowest BCUT2D eigenvalue weighted by molar-refractivity contribution is 0.262. The van der Waals surface area contributed by atoms with Crippen LogP contribution in [0.3, 0.4) is 0 Å². The van der Waals surface area contributed by atoms with Crippen molar-refractivity contribution in [3.8, 4) is 17.8 Å². The van der Waals surface area contributed by atoms with E-state index in [0.717, 1.165) is 60.8 Å². The van der Waals surface area contributed by atoms with Gasteiger partial charge in [0.1, 0.15) is 17.4 Å². The fraction of sp³-hybridized carbons (Fsp3) is 0.308. The Bertz CT molecular complexity index is 1460. The van der Waals surface area contributed by atoms with Crippen LogP contribution in [0, 0.1) is 18.3 Å². The van der Waals surface area contributed by atoms with Crippen molar-refractivity contribution in [3.63, 3.8) is 0 Å². The molecule has 0 aliphatic carbocycles. The average molecular weight is 518 g/mol. The standard InChI is InChI=1S/C26H28ClN9O/c1-3-5-18-15-23(34-33-18)30-22-16-24(36-12-10-35(11-13-36)9-4-8-28)32-26(31-22)37-21-7-6-20-19(25(21)27)14-17(2)29-20/h3,5-7,14-16,29H,4,9-13H2,1-2H3,(H2,30,31,32,33,34)/b5-3+. The van der Waals surface area contributed by atoms with E-state index in [9.17, 15) is 0 Å². The average Bonchev–Trinajstić information content (AvgIpc) is 3.50. The third-order valence-electron chi connectivity index (χ3n) is 6.17. The fourth-order valence-corrected chi connectivity index (χ4v) is 4.61. The number of aromatic amines is 2. The normalized spacial score (nSPS) is 14.4. The number of nitriles is 1. The number of ether oxygens (including phenoxy) is 1. The molecule has 0 radical (unpaired) electrons. The van der Waals surface area contributed by atoms with E-state index in [2.05, 4.69) is 41.4 Å². The minimum Gasteiger partial charge on any atom is -0.423 e. The van der Waals surface area contributed by atoms with Crippen molar-refractivity contribution >= 4 is 46.0 Å². The van der Waals surface area contributed by atoms with E-state index in [4.69, 9.17) is 26.6 Å². The number of piperazine rings is 1. The van der Waals surface area contributed by atoms with Crippen molar-refractivity contribution in [1.82, 2.24) is 30.0 Å². The van der Waals surface area contributed by atoms with Crippen LogP contribution in [0.4, 0.5) is 17.5 Å². The van der Waals surface area contributed by atoms with Gasteiger partial charge in [0.25, 0.3) is 0 Å². The van der Waals surface area contributed by atoms with Crippen LogP contribution in [0.1, 0.15) is 24.7 Å². The summed E-state index contributed by atoms with van der Waals surface area (Å²) in [5.74, 6) is 2.41. The highest BCUT2D eigenvalue weighted by atomic mass is 35.5. The van der Waals surface area contributed by atoms with Crippen LogP contribution in [0.5, 0.6) is 11.8 Å². The van der Waals surface area contributed by atoms with Crippen molar-refractivity contribution in [1.29, 1.82) is 5.26 Å². The highest BCUT2D eigenvalue weighted by molar-refractivity contribution is 6.37. The predicted octanol–water partition coefficient (Wildman–Crippen LogP) is 5.25. The van der Waals surface area contributed by atoms with Gasteiger partial charge in [-0.1, -0.05) is 17.7 Å². The number of nitrogens with one attached hydrogen (secondary N) is 3. The monoisotopic (exact) mass is 517 g/mol. The lowest BCUT2D eigenvalue weighted by Gasteiger charge is -2.35. The minimum absolute atomic E-state index is 0.185. The lowest BCUT2D eigenvalue weighted by atomic mass is 10.2. The molecule has 4 aromatic rings. The predicted molar refractivity (Wildman–Crippen MR) is 146 cm³/mol. The van der Waals surface area contributed by atoms with Gasteiger partial charge < -0.3 is 19.9 Å². The third kappa shape index (κ3) is 5.69. The van der Waals surface area contributed by atoms with Crippen LogP contribution in [-0.2, 0) is 0 Å². The molecule has 10 nitrogen and oxygen atoms in total. The Labute approximate surface area is 219 Å². The number of H-pyrrole nitrogens is 2. The SMILES string of the molecule is C/C=C/c1cc(Nc2cc(N3CCN(CCC#N)CC3)nc(Oc3ccc4[nH]c(C)cc4c3Cl)n2)n[nH]1. The Morgan fingerprint density at radius 1 is 1.16 bits per heavy atom. The second kappa shape index (κ2) is 10.9. The molecule has 11 heteroatoms. The summed E-state index contributed by atoms with van der Waals surface area (Å²) in [4.78, 5) is 17.1. The molecule has 1 saturated heterocycles. The molecule has 37 heavy (non-hydrogen) atoms. The maximum Gasteiger partial charge on any atom is 0.325 e. The summed E-state index contributed by atoms with van der Waals surface area (Å²) in [5, 5.41) is 20.8. The molecule has 0 bridgehead atoms. The summed E-state index contributed by atoms with van der Waals surface area (Å²) in [6, 6.07) is 11.9. The van der Waals surface area contributed by atoms with Gasteiger partial charge in [-0.05, 0) is 38.1 Å². The van der Waals surface area contributed by atoms with Gasteiger partial charge in [0.15, 0.2) is 5.82 Å². The molecular formula is C26H28ClN9O. The van der Waals surface area contributed by atoms with E-state index in [1.807, 2.05) is 56.3 Å². The van der Waals surface area contributed by atoms with Crippen LogP contribution in [0.2, 0.25) is 5.02 Å². The second-order valence-corrected chi connectivity index (χ2v) is 9.24. The van der Waals surface area contributed by atoms with Crippen molar-refractivity contribution in [3.05, 3.63) is 52.8 Å². The summed E-state index contributed by atoms with van der Waals surface area (Å²) >= 11 is 6.68. The summed E-state index contributed by atoms with van der Waals surface area (Å²) in [5.41, 5.74) is 2.84. The van der Waals surface area contributed by atoms with Crippen molar-refractivity contribution in [2.75, 3.05) is 42.9 Å². The smallest absolute Gasteiger partial charge is 0.325 e. The first kappa shape index (κ1) is 24.6. The first-order chi connectivity index (χ1) is 18.0. The van der Waals surface area contributed by atoms with Crippen molar-refractivity contribution in [2.24, 2.45) is 0 Å². The van der Waals surface area contributed by atoms with E-state index < -0.39 is 0 Å². The molecule has 1 aromatic carbocycles. The Morgan fingerprint density at radius 3 is 2.78 bits per heavy atom. The Kier molecular flexibility index (Phi) is 7.25. The molecule has 0 spiro atoms. The molecule has 0 saturated carbocycles. The molecule has 1 fully saturated rings. The molecule has 190 valence electrons. The Hall–Kier alpha value is -4.07. The number of hydrogen-bond acceptors (Lipinski definition) is 8.